The van der Waals surface area contributed by atoms with Crippen LogP contribution >= 0.6 is 11.8 Å². The minimum Gasteiger partial charge on any atom is -0.399 e. The van der Waals surface area contributed by atoms with Crippen molar-refractivity contribution >= 4 is 17.4 Å². The molecule has 1 aromatic carbocycles. The number of nitrogens with two attached hydrogens (primary N) is 1. The van der Waals surface area contributed by atoms with Crippen molar-refractivity contribution in [2.45, 2.75) is 17.1 Å². The molecule has 0 spiro atoms. The van der Waals surface area contributed by atoms with Gasteiger partial charge in [0, 0.05) is 15.8 Å². The van der Waals surface area contributed by atoms with Gasteiger partial charge in [-0.1, -0.05) is 6.92 Å². The molecule has 4 heteroatoms. The number of nitriles is 1. The predicted molar refractivity (Wildman–Crippen MR) is 58.0 cm³/mol. The second-order valence-corrected chi connectivity index (χ2v) is 4.46. The molecule has 0 aliphatic carbocycles. The van der Waals surface area contributed by atoms with Crippen molar-refractivity contribution in [1.29, 1.82) is 5.26 Å². The first kappa shape index (κ1) is 10.9. The number of aliphatic hydroxyl groups is 1. The number of rotatable bonds is 3. The molecule has 0 saturated carbocycles. The van der Waals surface area contributed by atoms with Gasteiger partial charge in [-0.05, 0) is 18.2 Å². The molecule has 0 heterocycles. The van der Waals surface area contributed by atoms with E-state index in [2.05, 4.69) is 6.07 Å². The third kappa shape index (κ3) is 2.66. The third-order valence-corrected chi connectivity index (χ3v) is 2.87. The fourth-order valence-electron chi connectivity index (χ4n) is 0.992. The Morgan fingerprint density at radius 3 is 2.93 bits per heavy atom. The van der Waals surface area contributed by atoms with E-state index in [1.165, 1.54) is 11.8 Å². The first-order valence-electron chi connectivity index (χ1n) is 4.24. The van der Waals surface area contributed by atoms with E-state index in [4.69, 9.17) is 16.1 Å². The lowest BCUT2D eigenvalue weighted by Crippen LogP contribution is -2.02. The Labute approximate surface area is 87.5 Å². The average molecular weight is 208 g/mol. The van der Waals surface area contributed by atoms with Gasteiger partial charge in [-0.3, -0.25) is 0 Å². The summed E-state index contributed by atoms with van der Waals surface area (Å²) in [5, 5.41) is 17.8. The number of benzene rings is 1. The minimum absolute atomic E-state index is 0.0886. The molecular weight excluding hydrogens is 196 g/mol. The summed E-state index contributed by atoms with van der Waals surface area (Å²) in [6, 6.07) is 7.30. The summed E-state index contributed by atoms with van der Waals surface area (Å²) in [4.78, 5) is 0.864. The highest BCUT2D eigenvalue weighted by Gasteiger charge is 2.07. The number of anilines is 1. The summed E-state index contributed by atoms with van der Waals surface area (Å²) in [6.45, 7) is 2.00. The highest BCUT2D eigenvalue weighted by molar-refractivity contribution is 8.00. The number of hydrogen-bond donors (Lipinski definition) is 2. The lowest BCUT2D eigenvalue weighted by Gasteiger charge is -2.09. The zero-order valence-electron chi connectivity index (χ0n) is 7.90. The first-order chi connectivity index (χ1) is 6.67. The second-order valence-electron chi connectivity index (χ2n) is 2.98. The average Bonchev–Trinajstić information content (AvgIpc) is 2.20. The molecule has 1 unspecified atom stereocenters. The molecule has 74 valence electrons. The summed E-state index contributed by atoms with van der Waals surface area (Å²) in [5.41, 5.74) is 6.71. The molecule has 0 saturated heterocycles. The SMILES string of the molecule is CC(CO)Sc1ccc(N)cc1C#N. The molecule has 0 amide bonds. The number of aliphatic hydroxyl groups excluding tert-OH is 1. The Balaban J connectivity index is 2.92. The van der Waals surface area contributed by atoms with Crippen LogP contribution in [0.15, 0.2) is 23.1 Å². The quantitative estimate of drug-likeness (QED) is 0.585. The maximum absolute atomic E-state index is 8.89. The van der Waals surface area contributed by atoms with Crippen LogP contribution in [0.25, 0.3) is 0 Å². The van der Waals surface area contributed by atoms with Gasteiger partial charge in [-0.2, -0.15) is 5.26 Å². The van der Waals surface area contributed by atoms with Crippen LogP contribution in [0.4, 0.5) is 5.69 Å². The van der Waals surface area contributed by atoms with E-state index in [1.54, 1.807) is 12.1 Å². The van der Waals surface area contributed by atoms with Crippen LogP contribution in [0.3, 0.4) is 0 Å². The molecule has 0 aliphatic rings. The molecule has 0 fully saturated rings. The van der Waals surface area contributed by atoms with E-state index in [1.807, 2.05) is 13.0 Å². The topological polar surface area (TPSA) is 70.0 Å². The molecular formula is C10H12N2OS. The van der Waals surface area contributed by atoms with Crippen molar-refractivity contribution in [2.24, 2.45) is 0 Å². The number of nitrogen functional groups attached to an aromatic ring is 1. The largest absolute Gasteiger partial charge is 0.399 e. The van der Waals surface area contributed by atoms with Gasteiger partial charge in [-0.25, -0.2) is 0 Å². The summed E-state index contributed by atoms with van der Waals surface area (Å²) in [7, 11) is 0. The van der Waals surface area contributed by atoms with Crippen LogP contribution in [0.5, 0.6) is 0 Å². The summed E-state index contributed by atoms with van der Waals surface area (Å²) < 4.78 is 0. The van der Waals surface area contributed by atoms with Gasteiger partial charge < -0.3 is 10.8 Å². The molecule has 14 heavy (non-hydrogen) atoms. The molecule has 1 rings (SSSR count). The van der Waals surface area contributed by atoms with Gasteiger partial charge in [0.25, 0.3) is 0 Å². The lowest BCUT2D eigenvalue weighted by molar-refractivity contribution is 0.300. The minimum atomic E-state index is 0.0886. The molecule has 3 nitrogen and oxygen atoms in total. The fraction of sp³-hybridized carbons (Fsp3) is 0.300. The predicted octanol–water partition coefficient (Wildman–Crippen LogP) is 1.61. The van der Waals surface area contributed by atoms with Crippen molar-refractivity contribution in [3.05, 3.63) is 23.8 Å². The Hall–Kier alpha value is -1.18. The van der Waals surface area contributed by atoms with Gasteiger partial charge in [0.15, 0.2) is 0 Å². The van der Waals surface area contributed by atoms with E-state index in [0.717, 1.165) is 4.90 Å². The Kier molecular flexibility index (Phi) is 3.81. The standard InChI is InChI=1S/C10H12N2OS/c1-7(6-13)14-10-3-2-9(12)4-8(10)5-11/h2-4,7,13H,6,12H2,1H3. The van der Waals surface area contributed by atoms with Gasteiger partial charge in [0.2, 0.25) is 0 Å². The summed E-state index contributed by atoms with van der Waals surface area (Å²) >= 11 is 1.48. The number of thioether (sulfide) groups is 1. The highest BCUT2D eigenvalue weighted by atomic mass is 32.2. The molecule has 0 radical (unpaired) electrons. The van der Waals surface area contributed by atoms with Gasteiger partial charge in [0.1, 0.15) is 6.07 Å². The van der Waals surface area contributed by atoms with Crippen LogP contribution in [-0.4, -0.2) is 17.0 Å². The van der Waals surface area contributed by atoms with Crippen molar-refractivity contribution < 1.29 is 5.11 Å². The van der Waals surface area contributed by atoms with Crippen LogP contribution in [0.2, 0.25) is 0 Å². The van der Waals surface area contributed by atoms with Gasteiger partial charge >= 0.3 is 0 Å². The Morgan fingerprint density at radius 1 is 1.64 bits per heavy atom. The number of hydrogen-bond acceptors (Lipinski definition) is 4. The van der Waals surface area contributed by atoms with Crippen molar-refractivity contribution in [3.63, 3.8) is 0 Å². The zero-order chi connectivity index (χ0) is 10.6. The van der Waals surface area contributed by atoms with E-state index in [0.29, 0.717) is 11.3 Å². The van der Waals surface area contributed by atoms with Crippen molar-refractivity contribution in [3.8, 4) is 6.07 Å². The smallest absolute Gasteiger partial charge is 0.100 e. The zero-order valence-corrected chi connectivity index (χ0v) is 8.71. The molecule has 0 aliphatic heterocycles. The maximum Gasteiger partial charge on any atom is 0.100 e. The normalized spacial score (nSPS) is 12.1. The fourth-order valence-corrected chi connectivity index (χ4v) is 1.88. The van der Waals surface area contributed by atoms with Crippen molar-refractivity contribution in [1.82, 2.24) is 0 Å². The van der Waals surface area contributed by atoms with Gasteiger partial charge in [-0.15, -0.1) is 11.8 Å². The van der Waals surface area contributed by atoms with Crippen LogP contribution in [0, 0.1) is 11.3 Å². The highest BCUT2D eigenvalue weighted by Crippen LogP contribution is 2.27. The van der Waals surface area contributed by atoms with E-state index < -0.39 is 0 Å². The van der Waals surface area contributed by atoms with Gasteiger partial charge in [0.05, 0.1) is 12.2 Å². The Bertz CT molecular complexity index is 360. The van der Waals surface area contributed by atoms with E-state index in [-0.39, 0.29) is 11.9 Å². The van der Waals surface area contributed by atoms with E-state index >= 15 is 0 Å². The monoisotopic (exact) mass is 208 g/mol. The lowest BCUT2D eigenvalue weighted by atomic mass is 10.2. The summed E-state index contributed by atoms with van der Waals surface area (Å²) in [5.74, 6) is 0. The van der Waals surface area contributed by atoms with Crippen molar-refractivity contribution in [2.75, 3.05) is 12.3 Å². The first-order valence-corrected chi connectivity index (χ1v) is 5.12. The molecule has 0 bridgehead atoms. The molecule has 1 aromatic rings. The summed E-state index contributed by atoms with van der Waals surface area (Å²) in [6.07, 6.45) is 0. The third-order valence-electron chi connectivity index (χ3n) is 1.71. The van der Waals surface area contributed by atoms with E-state index in [9.17, 15) is 0 Å². The maximum atomic E-state index is 8.89. The molecule has 3 N–H and O–H groups in total. The number of nitrogens with zero attached hydrogens (tertiary/aromatic N) is 1. The molecule has 0 aromatic heterocycles. The Morgan fingerprint density at radius 2 is 2.36 bits per heavy atom. The van der Waals surface area contributed by atoms with Crippen LogP contribution in [0.1, 0.15) is 12.5 Å². The second kappa shape index (κ2) is 4.89. The van der Waals surface area contributed by atoms with Crippen LogP contribution in [-0.2, 0) is 0 Å². The van der Waals surface area contributed by atoms with Crippen LogP contribution < -0.4 is 5.73 Å². The molecule has 1 atom stereocenters.